The van der Waals surface area contributed by atoms with Crippen LogP contribution in [-0.2, 0) is 9.59 Å². The second kappa shape index (κ2) is 9.06. The molecule has 4 rings (SSSR count). The largest absolute Gasteiger partial charge is 0.341 e. The topological polar surface area (TPSA) is 73.0 Å². The zero-order chi connectivity index (χ0) is 21.1. The van der Waals surface area contributed by atoms with E-state index in [0.29, 0.717) is 37.9 Å². The minimum Gasteiger partial charge on any atom is -0.341 e. The highest BCUT2D eigenvalue weighted by atomic mass is 16.2. The van der Waals surface area contributed by atoms with Crippen LogP contribution in [0.3, 0.4) is 0 Å². The Morgan fingerprint density at radius 1 is 1.13 bits per heavy atom. The summed E-state index contributed by atoms with van der Waals surface area (Å²) >= 11 is 0. The average molecular weight is 413 g/mol. The number of likely N-dealkylation sites (tertiary alicyclic amines) is 2. The van der Waals surface area contributed by atoms with Gasteiger partial charge in [-0.05, 0) is 30.7 Å². The Hall–Kier alpha value is -2.57. The Bertz CT molecular complexity index is 784. The summed E-state index contributed by atoms with van der Waals surface area (Å²) in [5.41, 5.74) is 1.27. The summed E-state index contributed by atoms with van der Waals surface area (Å²) in [6.07, 6.45) is 3.20. The van der Waals surface area contributed by atoms with Crippen molar-refractivity contribution in [2.24, 2.45) is 5.92 Å². The van der Waals surface area contributed by atoms with Crippen LogP contribution in [0.1, 0.15) is 44.1 Å². The van der Waals surface area contributed by atoms with Gasteiger partial charge in [-0.2, -0.15) is 0 Å². The molecule has 7 nitrogen and oxygen atoms in total. The SMILES string of the molecule is CC(CCC(=O)N1CC[C@@H]2CN(C(=O)CN3CCCNC3=O)[C@@H]2C1)c1ccccc1. The highest BCUT2D eigenvalue weighted by molar-refractivity contribution is 5.85. The lowest BCUT2D eigenvalue weighted by molar-refractivity contribution is -0.154. The van der Waals surface area contributed by atoms with Gasteiger partial charge in [0.05, 0.1) is 6.04 Å². The van der Waals surface area contributed by atoms with Crippen molar-refractivity contribution in [1.29, 1.82) is 0 Å². The van der Waals surface area contributed by atoms with E-state index in [4.69, 9.17) is 0 Å². The van der Waals surface area contributed by atoms with E-state index >= 15 is 0 Å². The van der Waals surface area contributed by atoms with Crippen LogP contribution in [0.25, 0.3) is 0 Å². The summed E-state index contributed by atoms with van der Waals surface area (Å²) < 4.78 is 0. The van der Waals surface area contributed by atoms with Gasteiger partial charge >= 0.3 is 6.03 Å². The van der Waals surface area contributed by atoms with E-state index in [2.05, 4.69) is 24.4 Å². The third kappa shape index (κ3) is 4.45. The molecule has 1 aromatic carbocycles. The fraction of sp³-hybridized carbons (Fsp3) is 0.609. The lowest BCUT2D eigenvalue weighted by Crippen LogP contribution is -2.67. The number of hydrogen-bond donors (Lipinski definition) is 1. The van der Waals surface area contributed by atoms with E-state index in [-0.39, 0.29) is 30.4 Å². The van der Waals surface area contributed by atoms with Gasteiger partial charge in [-0.25, -0.2) is 4.79 Å². The molecular weight excluding hydrogens is 380 g/mol. The van der Waals surface area contributed by atoms with Crippen molar-refractivity contribution < 1.29 is 14.4 Å². The average Bonchev–Trinajstić information content (AvgIpc) is 2.75. The van der Waals surface area contributed by atoms with Gasteiger partial charge in [0.1, 0.15) is 6.54 Å². The molecule has 162 valence electrons. The normalized spacial score (nSPS) is 24.6. The molecule has 7 heteroatoms. The van der Waals surface area contributed by atoms with Crippen LogP contribution in [0.5, 0.6) is 0 Å². The van der Waals surface area contributed by atoms with Crippen molar-refractivity contribution in [2.45, 2.75) is 44.6 Å². The minimum atomic E-state index is -0.153. The molecule has 30 heavy (non-hydrogen) atoms. The maximum absolute atomic E-state index is 12.8. The smallest absolute Gasteiger partial charge is 0.317 e. The molecule has 0 saturated carbocycles. The molecule has 3 heterocycles. The van der Waals surface area contributed by atoms with Gasteiger partial charge in [-0.15, -0.1) is 0 Å². The highest BCUT2D eigenvalue weighted by Crippen LogP contribution is 2.33. The van der Waals surface area contributed by atoms with Gasteiger partial charge in [0.15, 0.2) is 0 Å². The van der Waals surface area contributed by atoms with Crippen LogP contribution in [0.4, 0.5) is 4.79 Å². The number of carbonyl (C=O) groups is 3. The third-order valence-corrected chi connectivity index (χ3v) is 6.88. The van der Waals surface area contributed by atoms with Crippen LogP contribution in [0.15, 0.2) is 30.3 Å². The molecule has 3 fully saturated rings. The molecule has 1 N–H and O–H groups in total. The van der Waals surface area contributed by atoms with Gasteiger partial charge in [-0.3, -0.25) is 9.59 Å². The molecule has 0 aromatic heterocycles. The highest BCUT2D eigenvalue weighted by Gasteiger charge is 2.46. The number of carbonyl (C=O) groups excluding carboxylic acids is 3. The quantitative estimate of drug-likeness (QED) is 0.777. The fourth-order valence-electron chi connectivity index (χ4n) is 4.84. The Balaban J connectivity index is 1.26. The predicted octanol–water partition coefficient (Wildman–Crippen LogP) is 2.04. The second-order valence-corrected chi connectivity index (χ2v) is 8.86. The summed E-state index contributed by atoms with van der Waals surface area (Å²) in [5, 5.41) is 2.79. The van der Waals surface area contributed by atoms with Crippen molar-refractivity contribution in [3.8, 4) is 0 Å². The Labute approximate surface area is 178 Å². The first-order valence-corrected chi connectivity index (χ1v) is 11.2. The monoisotopic (exact) mass is 412 g/mol. The van der Waals surface area contributed by atoms with Gasteiger partial charge < -0.3 is 20.0 Å². The molecule has 3 aliphatic heterocycles. The second-order valence-electron chi connectivity index (χ2n) is 8.86. The lowest BCUT2D eigenvalue weighted by Gasteiger charge is -2.53. The predicted molar refractivity (Wildman–Crippen MR) is 114 cm³/mol. The van der Waals surface area contributed by atoms with E-state index in [0.717, 1.165) is 32.4 Å². The van der Waals surface area contributed by atoms with Crippen LogP contribution in [-0.4, -0.2) is 77.9 Å². The number of nitrogens with one attached hydrogen (secondary N) is 1. The standard InChI is InChI=1S/C23H32N4O3/c1-17(18-6-3-2-4-7-18)8-9-21(28)25-13-10-19-14-27(20(19)15-25)22(29)16-26-12-5-11-24-23(26)30/h2-4,6-7,17,19-20H,5,8-16H2,1H3,(H,24,30)/t17?,19-,20-/m1/s1. The summed E-state index contributed by atoms with van der Waals surface area (Å²) in [7, 11) is 0. The third-order valence-electron chi connectivity index (χ3n) is 6.88. The van der Waals surface area contributed by atoms with Crippen LogP contribution >= 0.6 is 0 Å². The number of benzene rings is 1. The van der Waals surface area contributed by atoms with E-state index < -0.39 is 0 Å². The first kappa shape index (κ1) is 20.7. The number of hydrogen-bond acceptors (Lipinski definition) is 3. The molecule has 0 radical (unpaired) electrons. The Kier molecular flexibility index (Phi) is 6.25. The number of piperidine rings is 1. The lowest BCUT2D eigenvalue weighted by atomic mass is 9.82. The summed E-state index contributed by atoms with van der Waals surface area (Å²) in [6.45, 7) is 5.78. The first-order valence-electron chi connectivity index (χ1n) is 11.2. The number of amides is 4. The van der Waals surface area contributed by atoms with Crippen LogP contribution in [0.2, 0.25) is 0 Å². The summed E-state index contributed by atoms with van der Waals surface area (Å²) in [6, 6.07) is 10.3. The molecule has 0 spiro atoms. The number of nitrogens with zero attached hydrogens (tertiary/aromatic N) is 3. The van der Waals surface area contributed by atoms with Gasteiger partial charge in [-0.1, -0.05) is 37.3 Å². The van der Waals surface area contributed by atoms with Gasteiger partial charge in [0.25, 0.3) is 0 Å². The molecule has 0 aliphatic carbocycles. The molecule has 4 amide bonds. The number of urea groups is 1. The Morgan fingerprint density at radius 3 is 2.70 bits per heavy atom. The minimum absolute atomic E-state index is 0.000277. The number of rotatable bonds is 6. The first-order chi connectivity index (χ1) is 14.5. The van der Waals surface area contributed by atoms with Crippen molar-refractivity contribution in [1.82, 2.24) is 20.0 Å². The molecule has 3 aliphatic rings. The van der Waals surface area contributed by atoms with E-state index in [1.54, 1.807) is 4.90 Å². The maximum atomic E-state index is 12.8. The van der Waals surface area contributed by atoms with Gasteiger partial charge in [0.2, 0.25) is 11.8 Å². The zero-order valence-corrected chi connectivity index (χ0v) is 17.8. The molecule has 1 aromatic rings. The van der Waals surface area contributed by atoms with E-state index in [1.165, 1.54) is 5.56 Å². The van der Waals surface area contributed by atoms with E-state index in [1.807, 2.05) is 28.0 Å². The van der Waals surface area contributed by atoms with Crippen LogP contribution in [0, 0.1) is 5.92 Å². The van der Waals surface area contributed by atoms with Crippen molar-refractivity contribution in [3.05, 3.63) is 35.9 Å². The van der Waals surface area contributed by atoms with E-state index in [9.17, 15) is 14.4 Å². The number of fused-ring (bicyclic) bond motifs is 1. The summed E-state index contributed by atoms with van der Waals surface area (Å²) in [5.74, 6) is 1.02. The maximum Gasteiger partial charge on any atom is 0.317 e. The zero-order valence-electron chi connectivity index (χ0n) is 17.8. The molecular formula is C23H32N4O3. The van der Waals surface area contributed by atoms with Crippen molar-refractivity contribution in [3.63, 3.8) is 0 Å². The fourth-order valence-corrected chi connectivity index (χ4v) is 4.84. The summed E-state index contributed by atoms with van der Waals surface area (Å²) in [4.78, 5) is 42.9. The molecule has 1 unspecified atom stereocenters. The van der Waals surface area contributed by atoms with Crippen molar-refractivity contribution >= 4 is 17.8 Å². The van der Waals surface area contributed by atoms with Gasteiger partial charge in [0, 0.05) is 45.1 Å². The molecule has 3 saturated heterocycles. The molecule has 0 bridgehead atoms. The molecule has 3 atom stereocenters. The van der Waals surface area contributed by atoms with Crippen LogP contribution < -0.4 is 5.32 Å². The Morgan fingerprint density at radius 2 is 1.93 bits per heavy atom. The van der Waals surface area contributed by atoms with Crippen molar-refractivity contribution in [2.75, 3.05) is 39.3 Å².